The quantitative estimate of drug-likeness (QED) is 0.823. The number of hydrogen-bond acceptors (Lipinski definition) is 4. The van der Waals surface area contributed by atoms with Crippen LogP contribution in [0, 0.1) is 17.1 Å². The molecule has 0 radical (unpaired) electrons. The van der Waals surface area contributed by atoms with E-state index in [0.717, 1.165) is 0 Å². The van der Waals surface area contributed by atoms with Crippen molar-refractivity contribution in [3.63, 3.8) is 0 Å². The second-order valence-corrected chi connectivity index (χ2v) is 4.62. The van der Waals surface area contributed by atoms with Crippen LogP contribution in [0.25, 0.3) is 0 Å². The highest BCUT2D eigenvalue weighted by Gasteiger charge is 2.22. The number of rotatable bonds is 2. The Bertz CT molecular complexity index is 534. The summed E-state index contributed by atoms with van der Waals surface area (Å²) in [6, 6.07) is 6.67. The fourth-order valence-corrected chi connectivity index (χ4v) is 2.25. The Labute approximate surface area is 117 Å². The number of piperazine rings is 1. The molecular weight excluding hydrogens is 261 g/mol. The van der Waals surface area contributed by atoms with E-state index in [4.69, 9.17) is 5.26 Å². The summed E-state index contributed by atoms with van der Waals surface area (Å²) < 4.78 is 18.6. The van der Waals surface area contributed by atoms with Crippen LogP contribution in [0.5, 0.6) is 0 Å². The van der Waals surface area contributed by atoms with Crippen molar-refractivity contribution in [2.75, 3.05) is 33.3 Å². The van der Waals surface area contributed by atoms with Crippen LogP contribution in [0.2, 0.25) is 0 Å². The Kier molecular flexibility index (Phi) is 4.53. The Morgan fingerprint density at radius 2 is 2.10 bits per heavy atom. The topological polar surface area (TPSA) is 56.6 Å². The van der Waals surface area contributed by atoms with Gasteiger partial charge in [-0.25, -0.2) is 9.18 Å². The van der Waals surface area contributed by atoms with E-state index in [0.29, 0.717) is 38.3 Å². The normalized spacial score (nSPS) is 15.8. The van der Waals surface area contributed by atoms with Crippen molar-refractivity contribution in [3.05, 3.63) is 35.1 Å². The first kappa shape index (κ1) is 14.3. The molecule has 0 aromatic heterocycles. The van der Waals surface area contributed by atoms with Gasteiger partial charge in [-0.15, -0.1) is 0 Å². The van der Waals surface area contributed by atoms with Crippen molar-refractivity contribution in [2.45, 2.75) is 6.54 Å². The van der Waals surface area contributed by atoms with Gasteiger partial charge in [-0.05, 0) is 6.07 Å². The first-order valence-corrected chi connectivity index (χ1v) is 6.38. The molecule has 1 saturated heterocycles. The third-order valence-corrected chi connectivity index (χ3v) is 3.40. The van der Waals surface area contributed by atoms with E-state index in [1.807, 2.05) is 6.07 Å². The minimum atomic E-state index is -0.453. The van der Waals surface area contributed by atoms with Gasteiger partial charge >= 0.3 is 6.09 Å². The van der Waals surface area contributed by atoms with Gasteiger partial charge in [-0.1, -0.05) is 12.1 Å². The van der Waals surface area contributed by atoms with E-state index in [9.17, 15) is 9.18 Å². The van der Waals surface area contributed by atoms with E-state index in [2.05, 4.69) is 9.64 Å². The lowest BCUT2D eigenvalue weighted by Gasteiger charge is -2.33. The maximum absolute atomic E-state index is 14.0. The second kappa shape index (κ2) is 6.35. The number of amides is 1. The highest BCUT2D eigenvalue weighted by molar-refractivity contribution is 5.67. The Morgan fingerprint density at radius 1 is 1.40 bits per heavy atom. The maximum Gasteiger partial charge on any atom is 0.409 e. The van der Waals surface area contributed by atoms with Crippen LogP contribution in [-0.4, -0.2) is 49.2 Å². The molecule has 0 unspecified atom stereocenters. The molecule has 1 fully saturated rings. The summed E-state index contributed by atoms with van der Waals surface area (Å²) in [7, 11) is 1.36. The summed E-state index contributed by atoms with van der Waals surface area (Å²) in [4.78, 5) is 15.0. The van der Waals surface area contributed by atoms with Crippen LogP contribution >= 0.6 is 0 Å². The highest BCUT2D eigenvalue weighted by atomic mass is 19.1. The number of nitriles is 1. The first-order chi connectivity index (χ1) is 9.65. The lowest BCUT2D eigenvalue weighted by molar-refractivity contribution is 0.0885. The van der Waals surface area contributed by atoms with Gasteiger partial charge in [0.25, 0.3) is 0 Å². The SMILES string of the molecule is COC(=O)N1CCN(Cc2cccc(C#N)c2F)CC1. The molecule has 6 heteroatoms. The molecule has 1 aromatic carbocycles. The molecule has 0 aliphatic carbocycles. The summed E-state index contributed by atoms with van der Waals surface area (Å²) in [6.07, 6.45) is -0.331. The molecule has 0 spiro atoms. The van der Waals surface area contributed by atoms with E-state index < -0.39 is 5.82 Å². The van der Waals surface area contributed by atoms with Crippen molar-refractivity contribution in [1.82, 2.24) is 9.80 Å². The van der Waals surface area contributed by atoms with E-state index in [-0.39, 0.29) is 11.7 Å². The summed E-state index contributed by atoms with van der Waals surface area (Å²) in [5.74, 6) is -0.453. The molecule has 1 amide bonds. The molecule has 20 heavy (non-hydrogen) atoms. The molecule has 2 rings (SSSR count). The number of benzene rings is 1. The Balaban J connectivity index is 1.97. The van der Waals surface area contributed by atoms with Crippen molar-refractivity contribution in [3.8, 4) is 6.07 Å². The second-order valence-electron chi connectivity index (χ2n) is 4.62. The summed E-state index contributed by atoms with van der Waals surface area (Å²) in [5, 5.41) is 8.81. The van der Waals surface area contributed by atoms with E-state index in [1.165, 1.54) is 13.2 Å². The van der Waals surface area contributed by atoms with Gasteiger partial charge in [0.2, 0.25) is 0 Å². The number of carbonyl (C=O) groups is 1. The molecule has 0 bridgehead atoms. The molecule has 0 saturated carbocycles. The molecule has 1 aromatic rings. The van der Waals surface area contributed by atoms with Gasteiger partial charge in [-0.2, -0.15) is 5.26 Å². The number of halogens is 1. The molecule has 1 aliphatic rings. The van der Waals surface area contributed by atoms with Crippen molar-refractivity contribution < 1.29 is 13.9 Å². The van der Waals surface area contributed by atoms with Crippen molar-refractivity contribution in [2.24, 2.45) is 0 Å². The van der Waals surface area contributed by atoms with Crippen LogP contribution in [-0.2, 0) is 11.3 Å². The van der Waals surface area contributed by atoms with Crippen LogP contribution in [0.15, 0.2) is 18.2 Å². The van der Waals surface area contributed by atoms with Crippen LogP contribution in [0.4, 0.5) is 9.18 Å². The largest absolute Gasteiger partial charge is 0.453 e. The summed E-state index contributed by atoms with van der Waals surface area (Å²) in [5.41, 5.74) is 0.575. The zero-order chi connectivity index (χ0) is 14.5. The molecule has 1 heterocycles. The average molecular weight is 277 g/mol. The predicted molar refractivity (Wildman–Crippen MR) is 70.4 cm³/mol. The predicted octanol–water partition coefficient (Wildman–Crippen LogP) is 1.58. The zero-order valence-corrected chi connectivity index (χ0v) is 11.3. The fraction of sp³-hybridized carbons (Fsp3) is 0.429. The monoisotopic (exact) mass is 277 g/mol. The molecule has 1 aliphatic heterocycles. The van der Waals surface area contributed by atoms with Gasteiger partial charge < -0.3 is 9.64 Å². The number of carbonyl (C=O) groups excluding carboxylic acids is 1. The third-order valence-electron chi connectivity index (χ3n) is 3.40. The van der Waals surface area contributed by atoms with E-state index >= 15 is 0 Å². The number of nitrogens with zero attached hydrogens (tertiary/aromatic N) is 3. The number of ether oxygens (including phenoxy) is 1. The minimum Gasteiger partial charge on any atom is -0.453 e. The fourth-order valence-electron chi connectivity index (χ4n) is 2.25. The standard InChI is InChI=1S/C14H16FN3O2/c1-20-14(19)18-7-5-17(6-8-18)10-12-4-2-3-11(9-16)13(12)15/h2-4H,5-8,10H2,1H3. The van der Waals surface area contributed by atoms with Gasteiger partial charge in [0.05, 0.1) is 12.7 Å². The first-order valence-electron chi connectivity index (χ1n) is 6.38. The molecule has 5 nitrogen and oxygen atoms in total. The molecular formula is C14H16FN3O2. The highest BCUT2D eigenvalue weighted by Crippen LogP contribution is 2.15. The van der Waals surface area contributed by atoms with Crippen LogP contribution in [0.1, 0.15) is 11.1 Å². The van der Waals surface area contributed by atoms with E-state index in [1.54, 1.807) is 17.0 Å². The van der Waals surface area contributed by atoms with Crippen molar-refractivity contribution >= 4 is 6.09 Å². The summed E-state index contributed by atoms with van der Waals surface area (Å²) >= 11 is 0. The van der Waals surface area contributed by atoms with Crippen molar-refractivity contribution in [1.29, 1.82) is 5.26 Å². The summed E-state index contributed by atoms with van der Waals surface area (Å²) in [6.45, 7) is 2.88. The Hall–Kier alpha value is -2.13. The van der Waals surface area contributed by atoms with Gasteiger partial charge in [0, 0.05) is 38.3 Å². The third kappa shape index (κ3) is 3.06. The number of methoxy groups -OCH3 is 1. The van der Waals surface area contributed by atoms with Crippen LogP contribution < -0.4 is 0 Å². The molecule has 0 atom stereocenters. The number of hydrogen-bond donors (Lipinski definition) is 0. The minimum absolute atomic E-state index is 0.0655. The molecule has 0 N–H and O–H groups in total. The zero-order valence-electron chi connectivity index (χ0n) is 11.3. The van der Waals surface area contributed by atoms with Gasteiger partial charge in [-0.3, -0.25) is 4.90 Å². The lowest BCUT2D eigenvalue weighted by atomic mass is 10.1. The Morgan fingerprint density at radius 3 is 2.70 bits per heavy atom. The molecule has 106 valence electrons. The van der Waals surface area contributed by atoms with Gasteiger partial charge in [0.15, 0.2) is 0 Å². The lowest BCUT2D eigenvalue weighted by Crippen LogP contribution is -2.48. The van der Waals surface area contributed by atoms with Gasteiger partial charge in [0.1, 0.15) is 11.9 Å². The average Bonchev–Trinajstić information content (AvgIpc) is 2.49. The smallest absolute Gasteiger partial charge is 0.409 e. The maximum atomic E-state index is 14.0. The van der Waals surface area contributed by atoms with Crippen LogP contribution in [0.3, 0.4) is 0 Å².